The van der Waals surface area contributed by atoms with Gasteiger partial charge in [-0.2, -0.15) is 0 Å². The normalized spacial score (nSPS) is 14.2. The summed E-state index contributed by atoms with van der Waals surface area (Å²) in [5, 5.41) is 12.6. The molecule has 0 aliphatic carbocycles. The number of nitrogens with zero attached hydrogens (tertiary/aromatic N) is 3. The summed E-state index contributed by atoms with van der Waals surface area (Å²) >= 11 is 0. The lowest BCUT2D eigenvalue weighted by Gasteiger charge is -2.35. The Labute approximate surface area is 272 Å². The van der Waals surface area contributed by atoms with Gasteiger partial charge in [-0.15, -0.1) is 0 Å². The highest BCUT2D eigenvalue weighted by molar-refractivity contribution is 6.06. The molecule has 0 unspecified atom stereocenters. The maximum absolute atomic E-state index is 15.4. The maximum Gasteiger partial charge on any atom is 0.271 e. The first-order valence-electron chi connectivity index (χ1n) is 15.2. The highest BCUT2D eigenvalue weighted by atomic mass is 19.1. The smallest absolute Gasteiger partial charge is 0.271 e. The van der Waals surface area contributed by atoms with E-state index in [1.165, 1.54) is 54.3 Å². The zero-order valence-corrected chi connectivity index (χ0v) is 25.7. The van der Waals surface area contributed by atoms with Crippen molar-refractivity contribution in [1.82, 2.24) is 14.5 Å². The number of aliphatic hydroxyl groups is 1. The van der Waals surface area contributed by atoms with Crippen LogP contribution in [0.4, 0.5) is 14.5 Å². The molecule has 5 aromatic rings. The number of nitrogens with one attached hydrogen (secondary N) is 1. The lowest BCUT2D eigenvalue weighted by atomic mass is 10.1. The Kier molecular flexibility index (Phi) is 8.38. The summed E-state index contributed by atoms with van der Waals surface area (Å²) in [6.07, 6.45) is 3.29. The number of aromatic nitrogens is 2. The number of ether oxygens (including phenoxy) is 4. The van der Waals surface area contributed by atoms with Crippen molar-refractivity contribution in [2.24, 2.45) is 0 Å². The number of β-amino-alcohol motifs (C(OH)–C–C–N with tert-alkyl or cyclic N) is 1. The van der Waals surface area contributed by atoms with E-state index in [0.717, 1.165) is 6.07 Å². The number of amides is 1. The molecule has 0 bridgehead atoms. The molecule has 11 nitrogen and oxygen atoms in total. The number of likely N-dealkylation sites (tertiary alicyclic amines) is 1. The van der Waals surface area contributed by atoms with Crippen molar-refractivity contribution >= 4 is 22.5 Å². The minimum atomic E-state index is -0.782. The molecule has 0 saturated carbocycles. The van der Waals surface area contributed by atoms with E-state index in [0.29, 0.717) is 72.1 Å². The van der Waals surface area contributed by atoms with Gasteiger partial charge < -0.3 is 29.4 Å². The van der Waals surface area contributed by atoms with E-state index >= 15 is 4.39 Å². The molecular weight excluding hydrogens is 626 g/mol. The van der Waals surface area contributed by atoms with Crippen LogP contribution < -0.4 is 29.8 Å². The molecule has 1 fully saturated rings. The fourth-order valence-electron chi connectivity index (χ4n) is 5.72. The number of halogens is 2. The van der Waals surface area contributed by atoms with Gasteiger partial charge in [0.05, 0.1) is 25.3 Å². The summed E-state index contributed by atoms with van der Waals surface area (Å²) in [6.45, 7) is 2.57. The highest BCUT2D eigenvalue weighted by Gasteiger charge is 2.28. The highest BCUT2D eigenvalue weighted by Crippen LogP contribution is 2.38. The predicted octanol–water partition coefficient (Wildman–Crippen LogP) is 4.71. The van der Waals surface area contributed by atoms with Gasteiger partial charge in [0.2, 0.25) is 0 Å². The summed E-state index contributed by atoms with van der Waals surface area (Å²) in [4.78, 5) is 33.4. The van der Waals surface area contributed by atoms with Crippen LogP contribution in [0.2, 0.25) is 0 Å². The molecule has 2 aromatic heterocycles. The summed E-state index contributed by atoms with van der Waals surface area (Å²) in [5.41, 5.74) is 0.747. The third-order valence-corrected chi connectivity index (χ3v) is 8.19. The van der Waals surface area contributed by atoms with Crippen LogP contribution in [0.25, 0.3) is 16.6 Å². The largest absolute Gasteiger partial charge is 0.493 e. The average molecular weight is 657 g/mol. The number of anilines is 1. The second-order valence-electron chi connectivity index (χ2n) is 11.4. The van der Waals surface area contributed by atoms with Crippen LogP contribution in [-0.4, -0.2) is 71.5 Å². The van der Waals surface area contributed by atoms with Crippen LogP contribution in [0.15, 0.2) is 77.9 Å². The lowest BCUT2D eigenvalue weighted by Crippen LogP contribution is -2.51. The van der Waals surface area contributed by atoms with Crippen molar-refractivity contribution in [3.8, 4) is 34.4 Å². The number of fused-ring (bicyclic) bond motifs is 2. The Morgan fingerprint density at radius 3 is 2.60 bits per heavy atom. The zero-order valence-electron chi connectivity index (χ0n) is 25.7. The fourth-order valence-corrected chi connectivity index (χ4v) is 5.72. The molecular formula is C35H30F2N4O7. The van der Waals surface area contributed by atoms with Gasteiger partial charge in [0, 0.05) is 72.9 Å². The van der Waals surface area contributed by atoms with Gasteiger partial charge in [0.1, 0.15) is 29.5 Å². The van der Waals surface area contributed by atoms with Gasteiger partial charge in [-0.25, -0.2) is 8.78 Å². The number of carbonyl (C=O) groups is 1. The monoisotopic (exact) mass is 656 g/mol. The molecule has 13 heteroatoms. The number of pyridine rings is 2. The van der Waals surface area contributed by atoms with Gasteiger partial charge in [-0.3, -0.25) is 24.0 Å². The minimum Gasteiger partial charge on any atom is -0.493 e. The lowest BCUT2D eigenvalue weighted by molar-refractivity contribution is -0.00400. The first kappa shape index (κ1) is 31.1. The first-order chi connectivity index (χ1) is 23.3. The maximum atomic E-state index is 15.4. The fraction of sp³-hybridized carbons (Fsp3) is 0.229. The van der Waals surface area contributed by atoms with Gasteiger partial charge in [0.25, 0.3) is 11.5 Å². The molecule has 1 saturated heterocycles. The van der Waals surface area contributed by atoms with E-state index < -0.39 is 23.1 Å². The van der Waals surface area contributed by atoms with Crippen molar-refractivity contribution in [2.45, 2.75) is 12.5 Å². The van der Waals surface area contributed by atoms with Crippen LogP contribution in [-0.2, 0) is 6.42 Å². The van der Waals surface area contributed by atoms with Crippen LogP contribution in [0.3, 0.4) is 0 Å². The number of hydrogen-bond acceptors (Lipinski definition) is 9. The summed E-state index contributed by atoms with van der Waals surface area (Å²) in [7, 11) is 1.51. The van der Waals surface area contributed by atoms with E-state index in [9.17, 15) is 19.1 Å². The molecule has 2 N–H and O–H groups in total. The van der Waals surface area contributed by atoms with Gasteiger partial charge >= 0.3 is 0 Å². The molecule has 3 aromatic carbocycles. The van der Waals surface area contributed by atoms with Crippen molar-refractivity contribution in [3.63, 3.8) is 0 Å². The number of aliphatic hydroxyl groups excluding tert-OH is 1. The predicted molar refractivity (Wildman–Crippen MR) is 172 cm³/mol. The van der Waals surface area contributed by atoms with Crippen LogP contribution in [0.1, 0.15) is 15.9 Å². The zero-order chi connectivity index (χ0) is 33.4. The number of rotatable bonds is 10. The van der Waals surface area contributed by atoms with Gasteiger partial charge in [0.15, 0.2) is 23.1 Å². The standard InChI is InChI=1S/C35H30F2N4O7/c1-45-30-15-25-27(16-31(30)46-13-11-40-18-24(42)19-40)38-10-8-28(25)48-29-7-4-22(14-26(29)37)39-34(43)32-33-20(9-12-47-33)17-41(35(32)44)23-5-2-21(36)3-6-23/h2-8,10,14-17,24,42H,9,11-13,18-19H2,1H3,(H,39,43). The summed E-state index contributed by atoms with van der Waals surface area (Å²) in [5.74, 6) is -0.711. The van der Waals surface area contributed by atoms with Gasteiger partial charge in [-0.05, 0) is 48.5 Å². The second-order valence-corrected chi connectivity index (χ2v) is 11.4. The second kappa shape index (κ2) is 12.9. The molecule has 7 rings (SSSR count). The van der Waals surface area contributed by atoms with Crippen LogP contribution in [0.5, 0.6) is 28.7 Å². The molecule has 1 amide bonds. The molecule has 0 radical (unpaired) electrons. The Hall–Kier alpha value is -5.53. The van der Waals surface area contributed by atoms with Crippen molar-refractivity contribution < 1.29 is 37.6 Å². The van der Waals surface area contributed by atoms with E-state index in [1.807, 2.05) is 0 Å². The number of hydrogen-bond donors (Lipinski definition) is 2. The Morgan fingerprint density at radius 1 is 1.04 bits per heavy atom. The van der Waals surface area contributed by atoms with E-state index in [1.54, 1.807) is 24.4 Å². The van der Waals surface area contributed by atoms with Crippen molar-refractivity contribution in [2.75, 3.05) is 45.3 Å². The molecule has 2 aliphatic heterocycles. The van der Waals surface area contributed by atoms with E-state index in [4.69, 9.17) is 18.9 Å². The number of benzene rings is 3. The number of methoxy groups -OCH3 is 1. The molecule has 4 heterocycles. The quantitative estimate of drug-likeness (QED) is 0.220. The summed E-state index contributed by atoms with van der Waals surface area (Å²) in [6, 6.07) is 14.2. The third-order valence-electron chi connectivity index (χ3n) is 8.19. The molecule has 246 valence electrons. The van der Waals surface area contributed by atoms with Crippen LogP contribution in [0, 0.1) is 11.6 Å². The van der Waals surface area contributed by atoms with E-state index in [-0.39, 0.29) is 35.5 Å². The molecule has 0 atom stereocenters. The van der Waals surface area contributed by atoms with Crippen molar-refractivity contribution in [3.05, 3.63) is 106 Å². The van der Waals surface area contributed by atoms with Crippen LogP contribution >= 0.6 is 0 Å². The SMILES string of the molecule is COc1cc2c(Oc3ccc(NC(=O)c4c5c(cn(-c6ccc(F)cc6)c4=O)CCO5)cc3F)ccnc2cc1OCCN1CC(O)C1. The number of carbonyl (C=O) groups excluding carboxylic acids is 1. The van der Waals surface area contributed by atoms with Crippen molar-refractivity contribution in [1.29, 1.82) is 0 Å². The third kappa shape index (κ3) is 6.12. The Balaban J connectivity index is 1.10. The van der Waals surface area contributed by atoms with E-state index in [2.05, 4.69) is 15.2 Å². The summed E-state index contributed by atoms with van der Waals surface area (Å²) < 4.78 is 53.2. The van der Waals surface area contributed by atoms with Gasteiger partial charge in [-0.1, -0.05) is 0 Å². The minimum absolute atomic E-state index is 0.0870. The molecule has 48 heavy (non-hydrogen) atoms. The average Bonchev–Trinajstić information content (AvgIpc) is 3.53. The topological polar surface area (TPSA) is 124 Å². The first-order valence-corrected chi connectivity index (χ1v) is 15.2. The Bertz CT molecular complexity index is 2080. The molecule has 2 aliphatic rings. The molecule has 0 spiro atoms. The Morgan fingerprint density at radius 2 is 1.85 bits per heavy atom.